The minimum Gasteiger partial charge on any atom is -0.305 e. The number of benzene rings is 2. The van der Waals surface area contributed by atoms with Gasteiger partial charge in [-0.15, -0.1) is 11.3 Å². The fourth-order valence-corrected chi connectivity index (χ4v) is 4.31. The molecule has 4 rings (SSSR count). The summed E-state index contributed by atoms with van der Waals surface area (Å²) in [5, 5.41) is 3.70. The van der Waals surface area contributed by atoms with E-state index in [0.29, 0.717) is 34.8 Å². The Labute approximate surface area is 159 Å². The lowest BCUT2D eigenvalue weighted by Crippen LogP contribution is -2.50. The van der Waals surface area contributed by atoms with Crippen LogP contribution in [0, 0.1) is 5.82 Å². The van der Waals surface area contributed by atoms with E-state index >= 15 is 4.39 Å². The molecule has 0 radical (unpaired) electrons. The maximum atomic E-state index is 15.4. The molecule has 7 heteroatoms. The first-order valence-corrected chi connectivity index (χ1v) is 9.63. The molecule has 1 aliphatic heterocycles. The largest absolute Gasteiger partial charge is 0.305 e. The number of carbonyl (C=O) groups excluding carboxylic acids is 1. The number of hydrogen-bond acceptors (Lipinski definition) is 5. The van der Waals surface area contributed by atoms with Gasteiger partial charge in [0.1, 0.15) is 12.1 Å². The third-order valence-electron chi connectivity index (χ3n) is 4.60. The van der Waals surface area contributed by atoms with Crippen molar-refractivity contribution >= 4 is 39.4 Å². The minimum atomic E-state index is -0.271. The Morgan fingerprint density at radius 1 is 1.42 bits per heavy atom. The van der Waals surface area contributed by atoms with Crippen LogP contribution in [0.5, 0.6) is 0 Å². The van der Waals surface area contributed by atoms with Crippen LogP contribution >= 0.6 is 22.9 Å². The molecule has 26 heavy (non-hydrogen) atoms. The Morgan fingerprint density at radius 2 is 2.31 bits per heavy atom. The number of halogens is 2. The number of carbonyl (C=O) groups is 1. The quantitative estimate of drug-likeness (QED) is 0.690. The van der Waals surface area contributed by atoms with Crippen LogP contribution in [-0.4, -0.2) is 41.8 Å². The van der Waals surface area contributed by atoms with Crippen molar-refractivity contribution in [3.05, 3.63) is 52.2 Å². The van der Waals surface area contributed by atoms with Gasteiger partial charge < -0.3 is 10.1 Å². The second-order valence-corrected chi connectivity index (χ2v) is 7.69. The van der Waals surface area contributed by atoms with Gasteiger partial charge in [-0.05, 0) is 23.8 Å². The van der Waals surface area contributed by atoms with Crippen molar-refractivity contribution in [1.29, 1.82) is 0 Å². The zero-order valence-corrected chi connectivity index (χ0v) is 15.5. The summed E-state index contributed by atoms with van der Waals surface area (Å²) in [6.07, 6.45) is 0.909. The van der Waals surface area contributed by atoms with Crippen molar-refractivity contribution in [3.63, 3.8) is 0 Å². The molecule has 3 aromatic rings. The van der Waals surface area contributed by atoms with Gasteiger partial charge in [0, 0.05) is 42.3 Å². The van der Waals surface area contributed by atoms with Crippen LogP contribution in [0.15, 0.2) is 35.8 Å². The summed E-state index contributed by atoms with van der Waals surface area (Å²) < 4.78 is 16.4. The summed E-state index contributed by atoms with van der Waals surface area (Å²) in [5.74, 6) is -0.271. The second-order valence-electron chi connectivity index (χ2n) is 6.37. The van der Waals surface area contributed by atoms with E-state index in [-0.39, 0.29) is 11.9 Å². The van der Waals surface area contributed by atoms with Crippen LogP contribution in [0.1, 0.15) is 5.56 Å². The van der Waals surface area contributed by atoms with E-state index in [1.54, 1.807) is 17.6 Å². The first-order chi connectivity index (χ1) is 12.7. The summed E-state index contributed by atoms with van der Waals surface area (Å²) in [4.78, 5) is 17.5. The molecule has 0 aliphatic carbocycles. The molecule has 0 saturated carbocycles. The van der Waals surface area contributed by atoms with Crippen molar-refractivity contribution in [1.82, 2.24) is 15.2 Å². The smallest absolute Gasteiger partial charge is 0.138 e. The highest BCUT2D eigenvalue weighted by Gasteiger charge is 2.22. The first-order valence-electron chi connectivity index (χ1n) is 8.37. The molecule has 4 nitrogen and oxygen atoms in total. The van der Waals surface area contributed by atoms with Gasteiger partial charge in [0.05, 0.1) is 21.8 Å². The molecule has 0 bridgehead atoms. The molecule has 1 N–H and O–H groups in total. The molecular formula is C19H17ClFN3OS. The zero-order chi connectivity index (χ0) is 18.1. The standard InChI is InChI=1S/C19H17ClFN3OS/c20-14-3-1-2-12(6-14)17-18(21)13(7-16-19(17)23-11-26-16)8-24-5-4-22-15(9-24)10-25/h1-3,6-7,10-11,15,22H,4-5,8-9H2. The lowest BCUT2D eigenvalue weighted by Gasteiger charge is -2.31. The van der Waals surface area contributed by atoms with E-state index < -0.39 is 0 Å². The minimum absolute atomic E-state index is 0.202. The number of nitrogens with zero attached hydrogens (tertiary/aromatic N) is 2. The predicted molar refractivity (Wildman–Crippen MR) is 103 cm³/mol. The van der Waals surface area contributed by atoms with Crippen molar-refractivity contribution in [2.75, 3.05) is 19.6 Å². The van der Waals surface area contributed by atoms with Crippen molar-refractivity contribution in [3.8, 4) is 11.1 Å². The maximum absolute atomic E-state index is 15.4. The Hall–Kier alpha value is -1.86. The average Bonchev–Trinajstić information content (AvgIpc) is 3.10. The van der Waals surface area contributed by atoms with Gasteiger partial charge in [0.25, 0.3) is 0 Å². The number of hydrogen-bond donors (Lipinski definition) is 1. The molecule has 1 aliphatic rings. The summed E-state index contributed by atoms with van der Waals surface area (Å²) in [6, 6.07) is 8.86. The third kappa shape index (κ3) is 3.38. The Balaban J connectivity index is 1.76. The average molecular weight is 390 g/mol. The molecule has 0 spiro atoms. The SMILES string of the molecule is O=CC1CN(Cc2cc3scnc3c(-c3cccc(Cl)c3)c2F)CCN1. The van der Waals surface area contributed by atoms with Crippen molar-refractivity contribution in [2.45, 2.75) is 12.6 Å². The fraction of sp³-hybridized carbons (Fsp3) is 0.263. The van der Waals surface area contributed by atoms with Gasteiger partial charge in [0.2, 0.25) is 0 Å². The zero-order valence-electron chi connectivity index (χ0n) is 13.9. The van der Waals surface area contributed by atoms with Crippen molar-refractivity contribution < 1.29 is 9.18 Å². The van der Waals surface area contributed by atoms with Gasteiger partial charge in [-0.3, -0.25) is 4.90 Å². The molecule has 0 amide bonds. The summed E-state index contributed by atoms with van der Waals surface area (Å²) in [7, 11) is 0. The molecule has 1 unspecified atom stereocenters. The number of aromatic nitrogens is 1. The predicted octanol–water partition coefficient (Wildman–Crippen LogP) is 3.73. The Kier molecular flexibility index (Phi) is 5.00. The van der Waals surface area contributed by atoms with Crippen LogP contribution in [0.4, 0.5) is 4.39 Å². The van der Waals surface area contributed by atoms with Crippen LogP contribution in [0.2, 0.25) is 5.02 Å². The lowest BCUT2D eigenvalue weighted by atomic mass is 10.00. The Bertz CT molecular complexity index is 961. The molecule has 1 atom stereocenters. The summed E-state index contributed by atoms with van der Waals surface area (Å²) >= 11 is 7.60. The van der Waals surface area contributed by atoms with E-state index in [2.05, 4.69) is 15.2 Å². The molecule has 1 saturated heterocycles. The Morgan fingerprint density at radius 3 is 3.12 bits per heavy atom. The topological polar surface area (TPSA) is 45.2 Å². The molecular weight excluding hydrogens is 373 g/mol. The van der Waals surface area contributed by atoms with Crippen LogP contribution in [0.25, 0.3) is 21.3 Å². The van der Waals surface area contributed by atoms with Crippen molar-refractivity contribution in [2.24, 2.45) is 0 Å². The van der Waals surface area contributed by atoms with Crippen LogP contribution < -0.4 is 5.32 Å². The molecule has 1 fully saturated rings. The van der Waals surface area contributed by atoms with E-state index in [4.69, 9.17) is 11.6 Å². The van der Waals surface area contributed by atoms with Gasteiger partial charge in [-0.25, -0.2) is 9.37 Å². The second kappa shape index (κ2) is 7.40. The highest BCUT2D eigenvalue weighted by Crippen LogP contribution is 2.36. The first kappa shape index (κ1) is 17.5. The number of nitrogens with one attached hydrogen (secondary N) is 1. The van der Waals surface area contributed by atoms with Crippen LogP contribution in [-0.2, 0) is 11.3 Å². The molecule has 2 heterocycles. The normalized spacial score (nSPS) is 18.3. The maximum Gasteiger partial charge on any atom is 0.138 e. The fourth-order valence-electron chi connectivity index (χ4n) is 3.37. The van der Waals surface area contributed by atoms with E-state index in [0.717, 1.165) is 29.6 Å². The number of piperazine rings is 1. The monoisotopic (exact) mass is 389 g/mol. The van der Waals surface area contributed by atoms with E-state index in [1.165, 1.54) is 11.3 Å². The summed E-state index contributed by atoms with van der Waals surface area (Å²) in [6.45, 7) is 2.53. The number of aldehydes is 1. The van der Waals surface area contributed by atoms with Crippen LogP contribution in [0.3, 0.4) is 0 Å². The third-order valence-corrected chi connectivity index (χ3v) is 5.61. The number of fused-ring (bicyclic) bond motifs is 1. The van der Waals surface area contributed by atoms with Gasteiger partial charge in [-0.2, -0.15) is 0 Å². The summed E-state index contributed by atoms with van der Waals surface area (Å²) in [5.41, 5.74) is 4.21. The molecule has 1 aromatic heterocycles. The van der Waals surface area contributed by atoms with Gasteiger partial charge in [-0.1, -0.05) is 23.7 Å². The lowest BCUT2D eigenvalue weighted by molar-refractivity contribution is -0.110. The number of thiazole rings is 1. The van der Waals surface area contributed by atoms with E-state index in [1.807, 2.05) is 18.2 Å². The molecule has 134 valence electrons. The number of rotatable bonds is 4. The highest BCUT2D eigenvalue weighted by molar-refractivity contribution is 7.16. The van der Waals surface area contributed by atoms with E-state index in [9.17, 15) is 4.79 Å². The molecule has 2 aromatic carbocycles. The highest BCUT2D eigenvalue weighted by atomic mass is 35.5. The van der Waals surface area contributed by atoms with Gasteiger partial charge >= 0.3 is 0 Å². The van der Waals surface area contributed by atoms with Gasteiger partial charge in [0.15, 0.2) is 0 Å².